The van der Waals surface area contributed by atoms with E-state index in [2.05, 4.69) is 15.0 Å². The van der Waals surface area contributed by atoms with Crippen LogP contribution < -0.4 is 0 Å². The molecule has 23 heavy (non-hydrogen) atoms. The van der Waals surface area contributed by atoms with Gasteiger partial charge in [-0.15, -0.1) is 0 Å². The van der Waals surface area contributed by atoms with Gasteiger partial charge in [0, 0.05) is 38.6 Å². The van der Waals surface area contributed by atoms with E-state index in [1.165, 1.54) is 6.07 Å². The standard InChI is InChI=1S/C16H20N4O3/c21-16(22)15-5-1-4-13(18-15)10-19-7-3-9-23-14(11-19)12-20-8-2-6-17-20/h1-2,4-6,8,14H,3,7,9-12H2,(H,21,22)/t14-/m1/s1. The molecule has 1 N–H and O–H groups in total. The number of carboxylic acid groups (broad SMARTS) is 1. The van der Waals surface area contributed by atoms with Crippen molar-refractivity contribution in [3.63, 3.8) is 0 Å². The fourth-order valence-electron chi connectivity index (χ4n) is 2.76. The third-order valence-corrected chi connectivity index (χ3v) is 3.80. The maximum absolute atomic E-state index is 11.0. The number of aromatic nitrogens is 3. The van der Waals surface area contributed by atoms with Gasteiger partial charge in [0.15, 0.2) is 0 Å². The Balaban J connectivity index is 1.64. The number of rotatable bonds is 5. The van der Waals surface area contributed by atoms with E-state index < -0.39 is 5.97 Å². The van der Waals surface area contributed by atoms with Gasteiger partial charge in [0.05, 0.1) is 18.3 Å². The minimum Gasteiger partial charge on any atom is -0.477 e. The van der Waals surface area contributed by atoms with Crippen LogP contribution in [0.5, 0.6) is 0 Å². The third-order valence-electron chi connectivity index (χ3n) is 3.80. The van der Waals surface area contributed by atoms with E-state index >= 15 is 0 Å². The minimum absolute atomic E-state index is 0.0695. The molecule has 1 fully saturated rings. The number of nitrogens with zero attached hydrogens (tertiary/aromatic N) is 4. The van der Waals surface area contributed by atoms with Gasteiger partial charge in [0.25, 0.3) is 0 Å². The van der Waals surface area contributed by atoms with Gasteiger partial charge in [-0.3, -0.25) is 9.58 Å². The fraction of sp³-hybridized carbons (Fsp3) is 0.438. The lowest BCUT2D eigenvalue weighted by Crippen LogP contribution is -2.34. The Morgan fingerprint density at radius 3 is 3.09 bits per heavy atom. The Labute approximate surface area is 134 Å². The molecular weight excluding hydrogens is 296 g/mol. The van der Waals surface area contributed by atoms with Crippen LogP contribution in [0.3, 0.4) is 0 Å². The van der Waals surface area contributed by atoms with Gasteiger partial charge in [-0.25, -0.2) is 9.78 Å². The van der Waals surface area contributed by atoms with Crippen LogP contribution in [0, 0.1) is 0 Å². The molecule has 7 heteroatoms. The summed E-state index contributed by atoms with van der Waals surface area (Å²) in [6.07, 6.45) is 4.71. The topological polar surface area (TPSA) is 80.5 Å². The van der Waals surface area contributed by atoms with Crippen molar-refractivity contribution in [3.8, 4) is 0 Å². The number of pyridine rings is 1. The predicted molar refractivity (Wildman–Crippen MR) is 83.1 cm³/mol. The lowest BCUT2D eigenvalue weighted by atomic mass is 10.2. The van der Waals surface area contributed by atoms with Crippen LogP contribution in [-0.4, -0.2) is 56.5 Å². The summed E-state index contributed by atoms with van der Waals surface area (Å²) in [5.41, 5.74) is 0.853. The second kappa shape index (κ2) is 7.34. The Morgan fingerprint density at radius 1 is 1.39 bits per heavy atom. The zero-order valence-corrected chi connectivity index (χ0v) is 12.8. The number of carbonyl (C=O) groups is 1. The Bertz CT molecular complexity index is 645. The molecular formula is C16H20N4O3. The first-order valence-corrected chi connectivity index (χ1v) is 7.71. The Morgan fingerprint density at radius 2 is 2.30 bits per heavy atom. The monoisotopic (exact) mass is 316 g/mol. The molecule has 0 spiro atoms. The van der Waals surface area contributed by atoms with Crippen molar-refractivity contribution in [1.82, 2.24) is 19.7 Å². The summed E-state index contributed by atoms with van der Waals surface area (Å²) in [5, 5.41) is 13.3. The van der Waals surface area contributed by atoms with Crippen molar-refractivity contribution in [2.75, 3.05) is 19.7 Å². The first-order chi connectivity index (χ1) is 11.2. The number of hydrogen-bond donors (Lipinski definition) is 1. The molecule has 2 aromatic heterocycles. The number of ether oxygens (including phenoxy) is 1. The van der Waals surface area contributed by atoms with Gasteiger partial charge in [-0.2, -0.15) is 5.10 Å². The summed E-state index contributed by atoms with van der Waals surface area (Å²) in [5.74, 6) is -0.998. The summed E-state index contributed by atoms with van der Waals surface area (Å²) in [7, 11) is 0. The number of hydrogen-bond acceptors (Lipinski definition) is 5. The van der Waals surface area contributed by atoms with E-state index in [9.17, 15) is 4.79 Å². The molecule has 0 aliphatic carbocycles. The number of aromatic carboxylic acids is 1. The highest BCUT2D eigenvalue weighted by Crippen LogP contribution is 2.11. The summed E-state index contributed by atoms with van der Waals surface area (Å²) in [6, 6.07) is 7.01. The molecule has 0 aromatic carbocycles. The zero-order valence-electron chi connectivity index (χ0n) is 12.8. The normalized spacial score (nSPS) is 19.4. The van der Waals surface area contributed by atoms with E-state index in [4.69, 9.17) is 9.84 Å². The molecule has 0 unspecified atom stereocenters. The molecule has 3 rings (SSSR count). The van der Waals surface area contributed by atoms with Crippen LogP contribution in [0.1, 0.15) is 22.6 Å². The highest BCUT2D eigenvalue weighted by atomic mass is 16.5. The summed E-state index contributed by atoms with van der Waals surface area (Å²) >= 11 is 0. The van der Waals surface area contributed by atoms with E-state index in [-0.39, 0.29) is 11.8 Å². The average Bonchev–Trinajstić information content (AvgIpc) is 2.94. The van der Waals surface area contributed by atoms with Crippen molar-refractivity contribution in [1.29, 1.82) is 0 Å². The SMILES string of the molecule is O=C(O)c1cccc(CN2CCCO[C@@H](Cn3cccn3)C2)n1. The van der Waals surface area contributed by atoms with Crippen LogP contribution in [0.2, 0.25) is 0 Å². The molecule has 0 bridgehead atoms. The van der Waals surface area contributed by atoms with Gasteiger partial charge in [-0.05, 0) is 24.6 Å². The van der Waals surface area contributed by atoms with Gasteiger partial charge in [0.2, 0.25) is 0 Å². The van der Waals surface area contributed by atoms with Crippen LogP contribution >= 0.6 is 0 Å². The van der Waals surface area contributed by atoms with Crippen molar-refractivity contribution >= 4 is 5.97 Å². The Hall–Kier alpha value is -2.25. The second-order valence-electron chi connectivity index (χ2n) is 5.63. The van der Waals surface area contributed by atoms with Crippen LogP contribution in [0.25, 0.3) is 0 Å². The van der Waals surface area contributed by atoms with Crippen LogP contribution in [0.15, 0.2) is 36.7 Å². The van der Waals surface area contributed by atoms with E-state index in [1.807, 2.05) is 23.0 Å². The molecule has 0 radical (unpaired) electrons. The lowest BCUT2D eigenvalue weighted by molar-refractivity contribution is 0.0389. The number of carboxylic acids is 1. The van der Waals surface area contributed by atoms with Gasteiger partial charge >= 0.3 is 5.97 Å². The molecule has 3 heterocycles. The molecule has 1 saturated heterocycles. The van der Waals surface area contributed by atoms with E-state index in [0.717, 1.165) is 31.8 Å². The quantitative estimate of drug-likeness (QED) is 0.894. The third kappa shape index (κ3) is 4.37. The van der Waals surface area contributed by atoms with Gasteiger partial charge in [-0.1, -0.05) is 6.07 Å². The molecule has 7 nitrogen and oxygen atoms in total. The van der Waals surface area contributed by atoms with Crippen molar-refractivity contribution in [2.45, 2.75) is 25.6 Å². The predicted octanol–water partition coefficient (Wildman–Crippen LogP) is 1.27. The maximum atomic E-state index is 11.0. The largest absolute Gasteiger partial charge is 0.477 e. The average molecular weight is 316 g/mol. The van der Waals surface area contributed by atoms with Gasteiger partial charge in [0.1, 0.15) is 5.69 Å². The first-order valence-electron chi connectivity index (χ1n) is 7.71. The smallest absolute Gasteiger partial charge is 0.354 e. The molecule has 122 valence electrons. The second-order valence-corrected chi connectivity index (χ2v) is 5.63. The molecule has 1 aliphatic heterocycles. The summed E-state index contributed by atoms with van der Waals surface area (Å²) in [4.78, 5) is 17.5. The summed E-state index contributed by atoms with van der Waals surface area (Å²) in [6.45, 7) is 3.75. The van der Waals surface area contributed by atoms with Crippen molar-refractivity contribution in [2.24, 2.45) is 0 Å². The lowest BCUT2D eigenvalue weighted by Gasteiger charge is -2.23. The van der Waals surface area contributed by atoms with Crippen LogP contribution in [0.4, 0.5) is 0 Å². The zero-order chi connectivity index (χ0) is 16.1. The first kappa shape index (κ1) is 15.6. The van der Waals surface area contributed by atoms with Gasteiger partial charge < -0.3 is 9.84 Å². The van der Waals surface area contributed by atoms with Crippen LogP contribution in [-0.2, 0) is 17.8 Å². The van der Waals surface area contributed by atoms with Crippen molar-refractivity contribution in [3.05, 3.63) is 48.0 Å². The van der Waals surface area contributed by atoms with Crippen molar-refractivity contribution < 1.29 is 14.6 Å². The molecule has 1 atom stereocenters. The van der Waals surface area contributed by atoms with E-state index in [0.29, 0.717) is 13.1 Å². The molecule has 2 aromatic rings. The van der Waals surface area contributed by atoms with E-state index in [1.54, 1.807) is 12.3 Å². The maximum Gasteiger partial charge on any atom is 0.354 e. The molecule has 0 saturated carbocycles. The summed E-state index contributed by atoms with van der Waals surface area (Å²) < 4.78 is 7.76. The highest BCUT2D eigenvalue weighted by molar-refractivity contribution is 5.85. The minimum atomic E-state index is -0.998. The fourth-order valence-corrected chi connectivity index (χ4v) is 2.76. The Kier molecular flexibility index (Phi) is 4.99. The molecule has 0 amide bonds. The molecule has 1 aliphatic rings. The highest BCUT2D eigenvalue weighted by Gasteiger charge is 2.20.